The first-order valence-electron chi connectivity index (χ1n) is 7.29. The molecule has 0 radical (unpaired) electrons. The van der Waals surface area contributed by atoms with Gasteiger partial charge >= 0.3 is 0 Å². The second kappa shape index (κ2) is 8.22. The molecule has 1 aromatic heterocycles. The van der Waals surface area contributed by atoms with Gasteiger partial charge in [-0.15, -0.1) is 0 Å². The van der Waals surface area contributed by atoms with Gasteiger partial charge in [0, 0.05) is 17.8 Å². The summed E-state index contributed by atoms with van der Waals surface area (Å²) >= 11 is 11.8. The predicted molar refractivity (Wildman–Crippen MR) is 90.9 cm³/mol. The highest BCUT2D eigenvalue weighted by Crippen LogP contribution is 2.27. The minimum absolute atomic E-state index is 0.111. The van der Waals surface area contributed by atoms with E-state index in [-0.39, 0.29) is 12.5 Å². The quantitative estimate of drug-likeness (QED) is 0.826. The molecule has 124 valence electrons. The molecule has 0 atom stereocenters. The smallest absolute Gasteiger partial charge is 0.258 e. The maximum absolute atomic E-state index is 11.9. The minimum Gasteiger partial charge on any atom is -0.482 e. The number of rotatable bonds is 7. The second-order valence-corrected chi connectivity index (χ2v) is 6.41. The van der Waals surface area contributed by atoms with Gasteiger partial charge in [-0.1, -0.05) is 37.0 Å². The van der Waals surface area contributed by atoms with E-state index >= 15 is 0 Å². The lowest BCUT2D eigenvalue weighted by atomic mass is 10.2. The molecule has 0 aliphatic carbocycles. The topological polar surface area (TPSA) is 56.2 Å². The number of carbonyl (C=O) groups is 1. The summed E-state index contributed by atoms with van der Waals surface area (Å²) in [6, 6.07) is 4.86. The Kier molecular flexibility index (Phi) is 6.30. The zero-order chi connectivity index (χ0) is 16.8. The molecule has 0 saturated heterocycles. The summed E-state index contributed by atoms with van der Waals surface area (Å²) in [5.41, 5.74) is 0.955. The Morgan fingerprint density at radius 3 is 2.87 bits per heavy atom. The van der Waals surface area contributed by atoms with Crippen LogP contribution in [0, 0.1) is 5.92 Å². The summed E-state index contributed by atoms with van der Waals surface area (Å²) in [6.07, 6.45) is 3.52. The van der Waals surface area contributed by atoms with Crippen molar-refractivity contribution in [1.29, 1.82) is 0 Å². The van der Waals surface area contributed by atoms with E-state index in [2.05, 4.69) is 24.1 Å². The van der Waals surface area contributed by atoms with Crippen LogP contribution in [0.2, 0.25) is 10.0 Å². The molecule has 0 spiro atoms. The summed E-state index contributed by atoms with van der Waals surface area (Å²) in [5, 5.41) is 3.70. The van der Waals surface area contributed by atoms with Crippen molar-refractivity contribution in [2.45, 2.75) is 26.9 Å². The van der Waals surface area contributed by atoms with E-state index in [0.29, 0.717) is 28.3 Å². The molecule has 0 aliphatic rings. The summed E-state index contributed by atoms with van der Waals surface area (Å²) in [5.74, 6) is 0.707. The van der Waals surface area contributed by atoms with Gasteiger partial charge in [0.05, 0.1) is 23.6 Å². The summed E-state index contributed by atoms with van der Waals surface area (Å²) in [6.45, 7) is 5.42. The third-order valence-corrected chi connectivity index (χ3v) is 3.61. The Morgan fingerprint density at radius 2 is 2.17 bits per heavy atom. The van der Waals surface area contributed by atoms with Gasteiger partial charge in [0.25, 0.3) is 5.91 Å². The zero-order valence-corrected chi connectivity index (χ0v) is 14.6. The van der Waals surface area contributed by atoms with Gasteiger partial charge in [0.2, 0.25) is 0 Å². The Bertz CT molecular complexity index is 671. The Morgan fingerprint density at radius 1 is 1.39 bits per heavy atom. The first-order valence-corrected chi connectivity index (χ1v) is 8.05. The van der Waals surface area contributed by atoms with E-state index in [0.717, 1.165) is 12.2 Å². The molecule has 2 aromatic rings. The van der Waals surface area contributed by atoms with Gasteiger partial charge < -0.3 is 14.6 Å². The van der Waals surface area contributed by atoms with Gasteiger partial charge in [-0.2, -0.15) is 0 Å². The average Bonchev–Trinajstić information content (AvgIpc) is 2.90. The van der Waals surface area contributed by atoms with Crippen LogP contribution in [0.3, 0.4) is 0 Å². The molecular weight excluding hydrogens is 337 g/mol. The average molecular weight is 356 g/mol. The number of carbonyl (C=O) groups excluding carboxylic acids is 1. The fourth-order valence-electron chi connectivity index (χ4n) is 2.03. The zero-order valence-electron chi connectivity index (χ0n) is 13.1. The molecule has 5 nitrogen and oxygen atoms in total. The van der Waals surface area contributed by atoms with Crippen molar-refractivity contribution in [3.8, 4) is 5.75 Å². The molecule has 1 amide bonds. The SMILES string of the molecule is CC(C)Cn1cncc1CNC(=O)COc1ccc(Cl)cc1Cl. The van der Waals surface area contributed by atoms with Gasteiger partial charge in [-0.25, -0.2) is 4.98 Å². The molecule has 0 aliphatic heterocycles. The van der Waals surface area contributed by atoms with Crippen LogP contribution in [0.5, 0.6) is 5.75 Å². The molecule has 7 heteroatoms. The van der Waals surface area contributed by atoms with Crippen LogP contribution in [0.15, 0.2) is 30.7 Å². The summed E-state index contributed by atoms with van der Waals surface area (Å²) in [4.78, 5) is 16.0. The predicted octanol–water partition coefficient (Wildman–Crippen LogP) is 3.54. The Hall–Kier alpha value is -1.72. The van der Waals surface area contributed by atoms with Crippen molar-refractivity contribution in [1.82, 2.24) is 14.9 Å². The lowest BCUT2D eigenvalue weighted by Gasteiger charge is -2.12. The van der Waals surface area contributed by atoms with Crippen LogP contribution in [0.4, 0.5) is 0 Å². The van der Waals surface area contributed by atoms with Gasteiger partial charge in [0.15, 0.2) is 6.61 Å². The van der Waals surface area contributed by atoms with E-state index < -0.39 is 0 Å². The van der Waals surface area contributed by atoms with E-state index in [1.807, 2.05) is 4.57 Å². The highest BCUT2D eigenvalue weighted by Gasteiger charge is 2.09. The maximum Gasteiger partial charge on any atom is 0.258 e. The summed E-state index contributed by atoms with van der Waals surface area (Å²) in [7, 11) is 0. The summed E-state index contributed by atoms with van der Waals surface area (Å²) < 4.78 is 7.42. The molecule has 0 fully saturated rings. The number of aromatic nitrogens is 2. The van der Waals surface area contributed by atoms with Gasteiger partial charge in [-0.05, 0) is 24.1 Å². The normalized spacial score (nSPS) is 10.8. The fraction of sp³-hybridized carbons (Fsp3) is 0.375. The third kappa shape index (κ3) is 5.44. The Labute approximate surface area is 145 Å². The highest BCUT2D eigenvalue weighted by molar-refractivity contribution is 6.35. The second-order valence-electron chi connectivity index (χ2n) is 5.57. The van der Waals surface area contributed by atoms with Gasteiger partial charge in [0.1, 0.15) is 5.75 Å². The molecule has 1 heterocycles. The van der Waals surface area contributed by atoms with E-state index in [4.69, 9.17) is 27.9 Å². The van der Waals surface area contributed by atoms with Crippen molar-refractivity contribution in [2.75, 3.05) is 6.61 Å². The number of hydrogen-bond donors (Lipinski definition) is 1. The molecule has 23 heavy (non-hydrogen) atoms. The van der Waals surface area contributed by atoms with Crippen LogP contribution in [-0.4, -0.2) is 22.1 Å². The molecule has 0 saturated carbocycles. The molecule has 1 N–H and O–H groups in total. The van der Waals surface area contributed by atoms with Crippen LogP contribution >= 0.6 is 23.2 Å². The van der Waals surface area contributed by atoms with Gasteiger partial charge in [-0.3, -0.25) is 4.79 Å². The number of nitrogens with zero attached hydrogens (tertiary/aromatic N) is 2. The highest BCUT2D eigenvalue weighted by atomic mass is 35.5. The van der Waals surface area contributed by atoms with Crippen molar-refractivity contribution < 1.29 is 9.53 Å². The van der Waals surface area contributed by atoms with E-state index in [9.17, 15) is 4.79 Å². The van der Waals surface area contributed by atoms with Crippen LogP contribution in [-0.2, 0) is 17.9 Å². The van der Waals surface area contributed by atoms with Crippen molar-refractivity contribution >= 4 is 29.1 Å². The van der Waals surface area contributed by atoms with Crippen LogP contribution < -0.4 is 10.1 Å². The van der Waals surface area contributed by atoms with Crippen molar-refractivity contribution in [2.24, 2.45) is 5.92 Å². The number of imidazole rings is 1. The van der Waals surface area contributed by atoms with Crippen molar-refractivity contribution in [3.05, 3.63) is 46.5 Å². The molecule has 0 bridgehead atoms. The number of ether oxygens (including phenoxy) is 1. The first-order chi connectivity index (χ1) is 11.0. The van der Waals surface area contributed by atoms with E-state index in [1.54, 1.807) is 30.7 Å². The number of amides is 1. The lowest BCUT2D eigenvalue weighted by Crippen LogP contribution is -2.29. The fourth-order valence-corrected chi connectivity index (χ4v) is 2.49. The molecule has 2 rings (SSSR count). The number of benzene rings is 1. The first kappa shape index (κ1) is 17.6. The number of nitrogens with one attached hydrogen (secondary N) is 1. The minimum atomic E-state index is -0.228. The monoisotopic (exact) mass is 355 g/mol. The van der Waals surface area contributed by atoms with E-state index in [1.165, 1.54) is 0 Å². The third-order valence-electron chi connectivity index (χ3n) is 3.08. The molecular formula is C16H19Cl2N3O2. The van der Waals surface area contributed by atoms with Crippen LogP contribution in [0.1, 0.15) is 19.5 Å². The maximum atomic E-state index is 11.9. The van der Waals surface area contributed by atoms with Crippen LogP contribution in [0.25, 0.3) is 0 Å². The lowest BCUT2D eigenvalue weighted by molar-refractivity contribution is -0.123. The van der Waals surface area contributed by atoms with Crippen molar-refractivity contribution in [3.63, 3.8) is 0 Å². The number of halogens is 2. The largest absolute Gasteiger partial charge is 0.482 e. The molecule has 1 aromatic carbocycles. The standard InChI is InChI=1S/C16H19Cl2N3O2/c1-11(2)8-21-10-19-6-13(21)7-20-16(22)9-23-15-4-3-12(17)5-14(15)18/h3-6,10-11H,7-9H2,1-2H3,(H,20,22). The Balaban J connectivity index is 1.82. The molecule has 0 unspecified atom stereocenters. The number of hydrogen-bond acceptors (Lipinski definition) is 3.